The number of amides is 1. The molecule has 1 aliphatic heterocycles. The molecule has 0 aliphatic carbocycles. The van der Waals surface area contributed by atoms with Crippen LogP contribution >= 0.6 is 11.6 Å². The molecule has 7 heteroatoms. The summed E-state index contributed by atoms with van der Waals surface area (Å²) in [7, 11) is 0. The third-order valence-electron chi connectivity index (χ3n) is 1.31. The number of guanidine groups is 1. The Bertz CT molecular complexity index is 288. The number of carbonyl (C=O) groups is 1. The highest BCUT2D eigenvalue weighted by Gasteiger charge is 2.20. The van der Waals surface area contributed by atoms with Gasteiger partial charge in [-0.25, -0.2) is 10.1 Å². The maximum atomic E-state index is 10.6. The number of hydroxylamine groups is 2. The number of aliphatic imine (C=N–C) groups is 1. The van der Waals surface area contributed by atoms with Crippen LogP contribution in [0.4, 0.5) is 0 Å². The van der Waals surface area contributed by atoms with Crippen LogP contribution in [0.25, 0.3) is 0 Å². The molecule has 0 aromatic carbocycles. The van der Waals surface area contributed by atoms with Gasteiger partial charge in [-0.2, -0.15) is 0 Å². The molecule has 0 radical (unpaired) electrons. The van der Waals surface area contributed by atoms with Gasteiger partial charge >= 0.3 is 0 Å². The molecule has 1 rings (SSSR count). The number of hydrogen-bond donors (Lipinski definition) is 3. The first-order valence-corrected chi connectivity index (χ1v) is 3.86. The summed E-state index contributed by atoms with van der Waals surface area (Å²) < 4.78 is 0. The Hall–Kier alpha value is -1.11. The number of nitrogens with zero attached hydrogens (tertiary/aromatic N) is 2. The van der Waals surface area contributed by atoms with Gasteiger partial charge in [0, 0.05) is 6.92 Å². The fourth-order valence-electron chi connectivity index (χ4n) is 0.785. The molecule has 1 aliphatic rings. The molecule has 4 N–H and O–H groups in total. The minimum Gasteiger partial charge on any atom is -0.306 e. The van der Waals surface area contributed by atoms with Crippen LogP contribution in [0.15, 0.2) is 16.2 Å². The van der Waals surface area contributed by atoms with Crippen LogP contribution in [0.3, 0.4) is 0 Å². The molecular weight excluding hydrogens is 196 g/mol. The standard InChI is InChI=1S/C6H9ClN4O2/c1-3(12)9-6-10-4(7)2-5(8)11(6)13/h2,5,13H,8H2,1H3,(H,9,10,12). The molecule has 0 saturated carbocycles. The minimum atomic E-state index is -0.799. The van der Waals surface area contributed by atoms with Gasteiger partial charge in [0.15, 0.2) is 0 Å². The Morgan fingerprint density at radius 3 is 3.08 bits per heavy atom. The summed E-state index contributed by atoms with van der Waals surface area (Å²) in [6.07, 6.45) is 0.541. The first-order chi connectivity index (χ1) is 6.00. The van der Waals surface area contributed by atoms with Gasteiger partial charge in [-0.1, -0.05) is 11.6 Å². The third-order valence-corrected chi connectivity index (χ3v) is 1.52. The van der Waals surface area contributed by atoms with E-state index in [1.165, 1.54) is 13.0 Å². The largest absolute Gasteiger partial charge is 0.306 e. The third kappa shape index (κ3) is 2.41. The molecular formula is C6H9ClN4O2. The number of carbonyl (C=O) groups excluding carboxylic acids is 1. The van der Waals surface area contributed by atoms with Crippen molar-refractivity contribution in [2.45, 2.75) is 13.1 Å². The Balaban J connectivity index is 2.82. The molecule has 1 atom stereocenters. The van der Waals surface area contributed by atoms with Crippen molar-refractivity contribution in [3.63, 3.8) is 0 Å². The van der Waals surface area contributed by atoms with Crippen LogP contribution in [-0.4, -0.2) is 28.3 Å². The van der Waals surface area contributed by atoms with Crippen molar-refractivity contribution >= 4 is 23.5 Å². The van der Waals surface area contributed by atoms with Crippen molar-refractivity contribution in [2.24, 2.45) is 10.7 Å². The van der Waals surface area contributed by atoms with Gasteiger partial charge < -0.3 is 5.73 Å². The lowest BCUT2D eigenvalue weighted by molar-refractivity contribution is -0.118. The Morgan fingerprint density at radius 2 is 2.54 bits per heavy atom. The van der Waals surface area contributed by atoms with Crippen molar-refractivity contribution in [3.05, 3.63) is 11.2 Å². The highest BCUT2D eigenvalue weighted by Crippen LogP contribution is 2.11. The number of nitrogens with one attached hydrogen (secondary N) is 1. The molecule has 1 amide bonds. The fourth-order valence-corrected chi connectivity index (χ4v) is 0.994. The van der Waals surface area contributed by atoms with Crippen molar-refractivity contribution in [2.75, 3.05) is 0 Å². The molecule has 0 saturated heterocycles. The molecule has 0 spiro atoms. The van der Waals surface area contributed by atoms with E-state index in [-0.39, 0.29) is 17.0 Å². The summed E-state index contributed by atoms with van der Waals surface area (Å²) in [5.41, 5.74) is 5.42. The minimum absolute atomic E-state index is 0.0764. The summed E-state index contributed by atoms with van der Waals surface area (Å²) in [4.78, 5) is 14.3. The van der Waals surface area contributed by atoms with Gasteiger partial charge in [-0.05, 0) is 6.08 Å². The van der Waals surface area contributed by atoms with E-state index in [9.17, 15) is 10.0 Å². The summed E-state index contributed by atoms with van der Waals surface area (Å²) in [5, 5.41) is 12.3. The number of halogens is 1. The number of nitrogens with two attached hydrogens (primary N) is 1. The highest BCUT2D eigenvalue weighted by atomic mass is 35.5. The predicted octanol–water partition coefficient (Wildman–Crippen LogP) is -0.452. The first-order valence-electron chi connectivity index (χ1n) is 3.48. The van der Waals surface area contributed by atoms with E-state index in [2.05, 4.69) is 10.3 Å². The van der Waals surface area contributed by atoms with Crippen LogP contribution < -0.4 is 11.1 Å². The smallest absolute Gasteiger partial charge is 0.232 e. The second kappa shape index (κ2) is 3.73. The van der Waals surface area contributed by atoms with Crippen molar-refractivity contribution in [3.8, 4) is 0 Å². The molecule has 1 unspecified atom stereocenters. The maximum absolute atomic E-state index is 10.6. The zero-order valence-corrected chi connectivity index (χ0v) is 7.62. The Morgan fingerprint density at radius 1 is 1.92 bits per heavy atom. The molecule has 0 aromatic rings. The second-order valence-corrected chi connectivity index (χ2v) is 2.83. The molecule has 72 valence electrons. The molecule has 13 heavy (non-hydrogen) atoms. The molecule has 0 fully saturated rings. The molecule has 0 aromatic heterocycles. The SMILES string of the molecule is CC(=O)NC1=NC(Cl)=CC(N)N1O. The molecule has 0 bridgehead atoms. The molecule has 6 nitrogen and oxygen atoms in total. The maximum Gasteiger partial charge on any atom is 0.232 e. The van der Waals surface area contributed by atoms with Crippen LogP contribution in [0.2, 0.25) is 0 Å². The van der Waals surface area contributed by atoms with Crippen molar-refractivity contribution in [1.82, 2.24) is 10.4 Å². The normalized spacial score (nSPS) is 22.2. The van der Waals surface area contributed by atoms with E-state index in [0.717, 1.165) is 0 Å². The summed E-state index contributed by atoms with van der Waals surface area (Å²) >= 11 is 5.56. The Kier molecular flexibility index (Phi) is 2.86. The van der Waals surface area contributed by atoms with Crippen molar-refractivity contribution in [1.29, 1.82) is 0 Å². The fraction of sp³-hybridized carbons (Fsp3) is 0.333. The first kappa shape index (κ1) is 9.97. The quantitative estimate of drug-likeness (QED) is 0.466. The monoisotopic (exact) mass is 204 g/mol. The van der Waals surface area contributed by atoms with Gasteiger partial charge in [0.1, 0.15) is 11.3 Å². The predicted molar refractivity (Wildman–Crippen MR) is 46.8 cm³/mol. The van der Waals surface area contributed by atoms with Gasteiger partial charge in [0.2, 0.25) is 11.9 Å². The van der Waals surface area contributed by atoms with Gasteiger partial charge in [-0.15, -0.1) is 0 Å². The summed E-state index contributed by atoms with van der Waals surface area (Å²) in [5.74, 6) is -0.441. The van der Waals surface area contributed by atoms with E-state index >= 15 is 0 Å². The van der Waals surface area contributed by atoms with Crippen LogP contribution in [0, 0.1) is 0 Å². The zero-order chi connectivity index (χ0) is 10.0. The Labute approximate surface area is 79.6 Å². The highest BCUT2D eigenvalue weighted by molar-refractivity contribution is 6.30. The number of hydrogen-bond acceptors (Lipinski definition) is 5. The van der Waals surface area contributed by atoms with Gasteiger partial charge in [-0.3, -0.25) is 15.3 Å². The average Bonchev–Trinajstić information content (AvgIpc) is 1.98. The molecule has 1 heterocycles. The van der Waals surface area contributed by atoms with E-state index in [1.807, 2.05) is 0 Å². The van der Waals surface area contributed by atoms with E-state index in [4.69, 9.17) is 17.3 Å². The second-order valence-electron chi connectivity index (χ2n) is 2.44. The van der Waals surface area contributed by atoms with Gasteiger partial charge in [0.25, 0.3) is 0 Å². The zero-order valence-electron chi connectivity index (χ0n) is 6.86. The number of rotatable bonds is 0. The summed E-state index contributed by atoms with van der Waals surface area (Å²) in [6, 6.07) is 0. The topological polar surface area (TPSA) is 91.0 Å². The van der Waals surface area contributed by atoms with Crippen molar-refractivity contribution < 1.29 is 10.0 Å². The van der Waals surface area contributed by atoms with Crippen LogP contribution in [0.1, 0.15) is 6.92 Å². The van der Waals surface area contributed by atoms with E-state index < -0.39 is 6.17 Å². The lowest BCUT2D eigenvalue weighted by Crippen LogP contribution is -2.51. The lowest BCUT2D eigenvalue weighted by atomic mass is 10.4. The summed E-state index contributed by atoms with van der Waals surface area (Å²) in [6.45, 7) is 1.29. The van der Waals surface area contributed by atoms with Crippen LogP contribution in [0.5, 0.6) is 0 Å². The average molecular weight is 205 g/mol. The lowest BCUT2D eigenvalue weighted by Gasteiger charge is -2.25. The van der Waals surface area contributed by atoms with E-state index in [1.54, 1.807) is 0 Å². The van der Waals surface area contributed by atoms with Gasteiger partial charge in [0.05, 0.1) is 0 Å². The van der Waals surface area contributed by atoms with E-state index in [0.29, 0.717) is 5.06 Å². The van der Waals surface area contributed by atoms with Crippen LogP contribution in [-0.2, 0) is 4.79 Å².